The first-order valence-corrected chi connectivity index (χ1v) is 6.03. The highest BCUT2D eigenvalue weighted by molar-refractivity contribution is 8.00. The van der Waals surface area contributed by atoms with Gasteiger partial charge in [0.25, 0.3) is 0 Å². The molecule has 0 spiro atoms. The standard InChI is InChI=1S/C9H15ClN2S/c1-7-8(2)13-4-3-12(7)6-9(10)5-11/h7-9H,3-4,6H2,1-2H3. The number of hydrogen-bond donors (Lipinski definition) is 0. The summed E-state index contributed by atoms with van der Waals surface area (Å²) in [5.74, 6) is 1.15. The van der Waals surface area contributed by atoms with Crippen molar-refractivity contribution in [3.05, 3.63) is 0 Å². The maximum Gasteiger partial charge on any atom is 0.133 e. The highest BCUT2D eigenvalue weighted by Gasteiger charge is 2.26. The van der Waals surface area contributed by atoms with Gasteiger partial charge in [-0.15, -0.1) is 11.6 Å². The highest BCUT2D eigenvalue weighted by Crippen LogP contribution is 2.24. The van der Waals surface area contributed by atoms with Crippen molar-refractivity contribution in [1.29, 1.82) is 5.26 Å². The Morgan fingerprint density at radius 3 is 3.00 bits per heavy atom. The smallest absolute Gasteiger partial charge is 0.133 e. The van der Waals surface area contributed by atoms with Crippen molar-refractivity contribution < 1.29 is 0 Å². The van der Waals surface area contributed by atoms with E-state index in [1.165, 1.54) is 0 Å². The third-order valence-electron chi connectivity index (χ3n) is 2.55. The molecule has 4 heteroatoms. The molecule has 0 radical (unpaired) electrons. The van der Waals surface area contributed by atoms with Gasteiger partial charge in [-0.2, -0.15) is 17.0 Å². The zero-order valence-corrected chi connectivity index (χ0v) is 9.61. The lowest BCUT2D eigenvalue weighted by molar-refractivity contribution is 0.219. The van der Waals surface area contributed by atoms with Gasteiger partial charge < -0.3 is 0 Å². The molecule has 1 saturated heterocycles. The number of nitriles is 1. The van der Waals surface area contributed by atoms with E-state index in [0.29, 0.717) is 17.8 Å². The van der Waals surface area contributed by atoms with Gasteiger partial charge in [0.1, 0.15) is 5.38 Å². The van der Waals surface area contributed by atoms with Gasteiger partial charge in [-0.25, -0.2) is 0 Å². The van der Waals surface area contributed by atoms with Crippen LogP contribution in [-0.2, 0) is 0 Å². The van der Waals surface area contributed by atoms with Crippen LogP contribution in [0.25, 0.3) is 0 Å². The summed E-state index contributed by atoms with van der Waals surface area (Å²) in [5, 5.41) is 8.89. The van der Waals surface area contributed by atoms with E-state index in [1.807, 2.05) is 11.8 Å². The minimum absolute atomic E-state index is 0.363. The summed E-state index contributed by atoms with van der Waals surface area (Å²) in [6.07, 6.45) is 0. The van der Waals surface area contributed by atoms with Crippen LogP contribution in [0.1, 0.15) is 13.8 Å². The Morgan fingerprint density at radius 2 is 2.38 bits per heavy atom. The summed E-state index contributed by atoms with van der Waals surface area (Å²) >= 11 is 7.80. The molecule has 0 bridgehead atoms. The first kappa shape index (κ1) is 11.2. The van der Waals surface area contributed by atoms with Gasteiger partial charge in [0.15, 0.2) is 0 Å². The van der Waals surface area contributed by atoms with Crippen molar-refractivity contribution in [2.24, 2.45) is 0 Å². The molecule has 74 valence electrons. The highest BCUT2D eigenvalue weighted by atomic mass is 35.5. The van der Waals surface area contributed by atoms with Gasteiger partial charge in [0.05, 0.1) is 6.07 Å². The van der Waals surface area contributed by atoms with Gasteiger partial charge in [0.2, 0.25) is 0 Å². The number of halogens is 1. The Labute approximate surface area is 89.2 Å². The molecule has 1 aliphatic rings. The molecule has 2 nitrogen and oxygen atoms in total. The minimum atomic E-state index is -0.363. The van der Waals surface area contributed by atoms with Crippen LogP contribution in [0.4, 0.5) is 0 Å². The minimum Gasteiger partial charge on any atom is -0.296 e. The Kier molecular flexibility index (Phi) is 4.37. The number of thioether (sulfide) groups is 1. The largest absolute Gasteiger partial charge is 0.296 e. The molecule has 0 aromatic carbocycles. The maximum atomic E-state index is 8.60. The fourth-order valence-electron chi connectivity index (χ4n) is 1.50. The normalized spacial score (nSPS) is 32.5. The van der Waals surface area contributed by atoms with Crippen LogP contribution < -0.4 is 0 Å². The third kappa shape index (κ3) is 3.05. The molecular weight excluding hydrogens is 204 g/mol. The first-order chi connectivity index (χ1) is 6.15. The lowest BCUT2D eigenvalue weighted by Gasteiger charge is -2.37. The molecule has 0 aromatic rings. The van der Waals surface area contributed by atoms with Crippen LogP contribution in [-0.4, -0.2) is 40.4 Å². The van der Waals surface area contributed by atoms with Gasteiger partial charge in [-0.1, -0.05) is 6.92 Å². The van der Waals surface area contributed by atoms with Crippen LogP contribution in [0.3, 0.4) is 0 Å². The number of rotatable bonds is 2. The van der Waals surface area contributed by atoms with E-state index in [-0.39, 0.29) is 5.38 Å². The van der Waals surface area contributed by atoms with Gasteiger partial charge in [0, 0.05) is 30.1 Å². The monoisotopic (exact) mass is 218 g/mol. The Balaban J connectivity index is 2.45. The molecule has 1 fully saturated rings. The van der Waals surface area contributed by atoms with E-state index in [0.717, 1.165) is 12.3 Å². The summed E-state index contributed by atoms with van der Waals surface area (Å²) in [6, 6.07) is 2.60. The molecular formula is C9H15ClN2S. The van der Waals surface area contributed by atoms with E-state index in [4.69, 9.17) is 16.9 Å². The van der Waals surface area contributed by atoms with E-state index < -0.39 is 0 Å². The Bertz CT molecular complexity index is 204. The lowest BCUT2D eigenvalue weighted by atomic mass is 10.2. The van der Waals surface area contributed by atoms with Crippen molar-refractivity contribution in [3.63, 3.8) is 0 Å². The molecule has 0 aliphatic carbocycles. The number of nitrogens with zero attached hydrogens (tertiary/aromatic N) is 2. The van der Waals surface area contributed by atoms with Crippen LogP contribution >= 0.6 is 23.4 Å². The van der Waals surface area contributed by atoms with Crippen LogP contribution in [0.5, 0.6) is 0 Å². The summed E-state index contributed by atoms with van der Waals surface area (Å²) in [6.45, 7) is 6.19. The second kappa shape index (κ2) is 5.09. The molecule has 0 aromatic heterocycles. The maximum absolute atomic E-state index is 8.60. The van der Waals surface area contributed by atoms with Crippen molar-refractivity contribution in [3.8, 4) is 6.07 Å². The zero-order valence-electron chi connectivity index (χ0n) is 8.03. The fourth-order valence-corrected chi connectivity index (χ4v) is 2.84. The zero-order chi connectivity index (χ0) is 9.84. The summed E-state index contributed by atoms with van der Waals surface area (Å²) in [7, 11) is 0. The van der Waals surface area contributed by atoms with Crippen LogP contribution in [0.2, 0.25) is 0 Å². The quantitative estimate of drug-likeness (QED) is 0.663. The predicted octanol–water partition coefficient (Wildman–Crippen LogP) is 1.94. The average molecular weight is 219 g/mol. The third-order valence-corrected chi connectivity index (χ3v) is 4.12. The SMILES string of the molecule is CC1SCCN(CC(Cl)C#N)C1C. The molecule has 0 saturated carbocycles. The molecule has 1 rings (SSSR count). The fraction of sp³-hybridized carbons (Fsp3) is 0.889. The Hall–Kier alpha value is 0.0900. The summed E-state index contributed by atoms with van der Waals surface area (Å²) < 4.78 is 0. The molecule has 0 N–H and O–H groups in total. The van der Waals surface area contributed by atoms with E-state index in [2.05, 4.69) is 24.8 Å². The van der Waals surface area contributed by atoms with Crippen LogP contribution in [0, 0.1) is 11.3 Å². The van der Waals surface area contributed by atoms with Gasteiger partial charge in [-0.05, 0) is 6.92 Å². The molecule has 3 atom stereocenters. The van der Waals surface area contributed by atoms with E-state index in [1.54, 1.807) is 0 Å². The Morgan fingerprint density at radius 1 is 1.69 bits per heavy atom. The predicted molar refractivity (Wildman–Crippen MR) is 58.2 cm³/mol. The average Bonchev–Trinajstić information content (AvgIpc) is 2.13. The number of hydrogen-bond acceptors (Lipinski definition) is 3. The van der Waals surface area contributed by atoms with Crippen LogP contribution in [0.15, 0.2) is 0 Å². The second-order valence-corrected chi connectivity index (χ2v) is 5.42. The number of alkyl halides is 1. The summed E-state index contributed by atoms with van der Waals surface area (Å²) in [4.78, 5) is 2.31. The lowest BCUT2D eigenvalue weighted by Crippen LogP contribution is -2.46. The molecule has 1 heterocycles. The topological polar surface area (TPSA) is 27.0 Å². The molecule has 1 aliphatic heterocycles. The molecule has 0 amide bonds. The van der Waals surface area contributed by atoms with Gasteiger partial charge >= 0.3 is 0 Å². The van der Waals surface area contributed by atoms with Crippen molar-refractivity contribution in [2.75, 3.05) is 18.8 Å². The first-order valence-electron chi connectivity index (χ1n) is 4.54. The van der Waals surface area contributed by atoms with Crippen molar-refractivity contribution in [1.82, 2.24) is 4.90 Å². The molecule has 13 heavy (non-hydrogen) atoms. The molecule has 3 unspecified atom stereocenters. The summed E-state index contributed by atoms with van der Waals surface area (Å²) in [5.41, 5.74) is 0. The van der Waals surface area contributed by atoms with E-state index >= 15 is 0 Å². The van der Waals surface area contributed by atoms with Crippen molar-refractivity contribution >= 4 is 23.4 Å². The van der Waals surface area contributed by atoms with Gasteiger partial charge in [-0.3, -0.25) is 4.90 Å². The van der Waals surface area contributed by atoms with Crippen molar-refractivity contribution in [2.45, 2.75) is 30.5 Å². The van der Waals surface area contributed by atoms with E-state index in [9.17, 15) is 0 Å². The second-order valence-electron chi connectivity index (χ2n) is 3.41.